The molecule has 0 fully saturated rings. The second kappa shape index (κ2) is 8.14. The minimum Gasteiger partial charge on any atom is -0.351 e. The molecule has 1 aromatic carbocycles. The highest BCUT2D eigenvalue weighted by atomic mass is 35.5. The number of hydrogen-bond donors (Lipinski definition) is 2. The van der Waals surface area contributed by atoms with Crippen LogP contribution in [0.5, 0.6) is 0 Å². The molecule has 1 unspecified atom stereocenters. The SMILES string of the molecule is CC1CCc2nc(NC(=O)CCNC(=O)c3ccc(F)cc3Cl)sc2C1. The third-order valence-electron chi connectivity index (χ3n) is 4.25. The van der Waals surface area contributed by atoms with E-state index in [1.54, 1.807) is 0 Å². The average molecular weight is 396 g/mol. The van der Waals surface area contributed by atoms with Crippen molar-refractivity contribution in [1.82, 2.24) is 10.3 Å². The number of amides is 2. The summed E-state index contributed by atoms with van der Waals surface area (Å²) in [5.74, 6) is -0.511. The van der Waals surface area contributed by atoms with E-state index in [9.17, 15) is 14.0 Å². The van der Waals surface area contributed by atoms with Gasteiger partial charge in [-0.1, -0.05) is 18.5 Å². The molecule has 2 N–H and O–H groups in total. The number of aryl methyl sites for hydroxylation is 1. The molecule has 1 atom stereocenters. The van der Waals surface area contributed by atoms with Crippen LogP contribution in [0, 0.1) is 11.7 Å². The van der Waals surface area contributed by atoms with Gasteiger partial charge < -0.3 is 10.6 Å². The molecular formula is C18H19ClFN3O2S. The van der Waals surface area contributed by atoms with Crippen molar-refractivity contribution in [2.45, 2.75) is 32.6 Å². The lowest BCUT2D eigenvalue weighted by Crippen LogP contribution is -2.27. The molecule has 1 heterocycles. The molecule has 26 heavy (non-hydrogen) atoms. The molecule has 0 aliphatic heterocycles. The largest absolute Gasteiger partial charge is 0.351 e. The Kier molecular flexibility index (Phi) is 5.88. The Morgan fingerprint density at radius 1 is 1.42 bits per heavy atom. The van der Waals surface area contributed by atoms with Crippen molar-refractivity contribution in [1.29, 1.82) is 0 Å². The van der Waals surface area contributed by atoms with E-state index in [-0.39, 0.29) is 29.5 Å². The van der Waals surface area contributed by atoms with Crippen LogP contribution in [-0.2, 0) is 17.6 Å². The molecule has 0 radical (unpaired) electrons. The maximum atomic E-state index is 13.0. The molecule has 0 saturated heterocycles. The number of thiazole rings is 1. The molecule has 138 valence electrons. The van der Waals surface area contributed by atoms with Gasteiger partial charge in [-0.15, -0.1) is 11.3 Å². The first kappa shape index (κ1) is 18.8. The number of rotatable bonds is 5. The quantitative estimate of drug-likeness (QED) is 0.808. The van der Waals surface area contributed by atoms with Crippen molar-refractivity contribution in [2.75, 3.05) is 11.9 Å². The smallest absolute Gasteiger partial charge is 0.252 e. The summed E-state index contributed by atoms with van der Waals surface area (Å²) in [5, 5.41) is 6.04. The summed E-state index contributed by atoms with van der Waals surface area (Å²) in [4.78, 5) is 29.8. The van der Waals surface area contributed by atoms with Gasteiger partial charge >= 0.3 is 0 Å². The first-order chi connectivity index (χ1) is 12.4. The van der Waals surface area contributed by atoms with Gasteiger partial charge in [0.2, 0.25) is 5.91 Å². The zero-order chi connectivity index (χ0) is 18.7. The molecular weight excluding hydrogens is 377 g/mol. The second-order valence-corrected chi connectivity index (χ2v) is 7.91. The van der Waals surface area contributed by atoms with E-state index in [1.165, 1.54) is 28.3 Å². The lowest BCUT2D eigenvalue weighted by molar-refractivity contribution is -0.116. The second-order valence-electron chi connectivity index (χ2n) is 6.42. The first-order valence-corrected chi connectivity index (χ1v) is 9.63. The van der Waals surface area contributed by atoms with Gasteiger partial charge in [0.15, 0.2) is 5.13 Å². The molecule has 1 aromatic heterocycles. The Balaban J connectivity index is 1.48. The number of carbonyl (C=O) groups is 2. The van der Waals surface area contributed by atoms with Crippen LogP contribution in [0.2, 0.25) is 5.02 Å². The summed E-state index contributed by atoms with van der Waals surface area (Å²) in [6.07, 6.45) is 3.21. The van der Waals surface area contributed by atoms with Crippen molar-refractivity contribution in [3.8, 4) is 0 Å². The summed E-state index contributed by atoms with van der Waals surface area (Å²) < 4.78 is 13.0. The Morgan fingerprint density at radius 3 is 3.00 bits per heavy atom. The highest BCUT2D eigenvalue weighted by Gasteiger charge is 2.20. The standard InChI is InChI=1S/C18H19ClFN3O2S/c1-10-2-5-14-15(8-10)26-18(22-14)23-16(24)6-7-21-17(25)12-4-3-11(20)9-13(12)19/h3-4,9-10H,2,5-8H2,1H3,(H,21,25)(H,22,23,24). The zero-order valence-electron chi connectivity index (χ0n) is 14.3. The van der Waals surface area contributed by atoms with Gasteiger partial charge in [0, 0.05) is 17.8 Å². The number of nitrogens with one attached hydrogen (secondary N) is 2. The number of nitrogens with zero attached hydrogens (tertiary/aromatic N) is 1. The van der Waals surface area contributed by atoms with E-state index in [2.05, 4.69) is 22.5 Å². The summed E-state index contributed by atoms with van der Waals surface area (Å²) in [6, 6.07) is 3.56. The topological polar surface area (TPSA) is 71.1 Å². The predicted octanol–water partition coefficient (Wildman–Crippen LogP) is 3.82. The lowest BCUT2D eigenvalue weighted by atomic mass is 9.93. The number of halogens is 2. The Morgan fingerprint density at radius 2 is 2.23 bits per heavy atom. The maximum absolute atomic E-state index is 13.0. The van der Waals surface area contributed by atoms with E-state index in [1.807, 2.05) is 0 Å². The van der Waals surface area contributed by atoms with E-state index in [0.29, 0.717) is 11.0 Å². The monoisotopic (exact) mass is 395 g/mol. The van der Waals surface area contributed by atoms with E-state index in [4.69, 9.17) is 11.6 Å². The fourth-order valence-corrected chi connectivity index (χ4v) is 4.27. The third-order valence-corrected chi connectivity index (χ3v) is 5.59. The first-order valence-electron chi connectivity index (χ1n) is 8.44. The van der Waals surface area contributed by atoms with Gasteiger partial charge in [-0.3, -0.25) is 9.59 Å². The predicted molar refractivity (Wildman–Crippen MR) is 100 cm³/mol. The Hall–Kier alpha value is -1.99. The van der Waals surface area contributed by atoms with E-state index in [0.717, 1.165) is 31.0 Å². The molecule has 8 heteroatoms. The van der Waals surface area contributed by atoms with Crippen LogP contribution in [0.1, 0.15) is 40.7 Å². The van der Waals surface area contributed by atoms with Crippen LogP contribution in [0.3, 0.4) is 0 Å². The molecule has 0 bridgehead atoms. The highest BCUT2D eigenvalue weighted by Crippen LogP contribution is 2.32. The van der Waals surface area contributed by atoms with E-state index >= 15 is 0 Å². The minimum absolute atomic E-state index is 0.0366. The van der Waals surface area contributed by atoms with Crippen LogP contribution in [0.15, 0.2) is 18.2 Å². The van der Waals surface area contributed by atoms with Crippen molar-refractivity contribution >= 4 is 39.9 Å². The lowest BCUT2D eigenvalue weighted by Gasteiger charge is -2.15. The third kappa shape index (κ3) is 4.59. The summed E-state index contributed by atoms with van der Waals surface area (Å²) >= 11 is 7.37. The molecule has 5 nitrogen and oxygen atoms in total. The number of fused-ring (bicyclic) bond motifs is 1. The molecule has 1 aliphatic rings. The Labute approximate surface area is 160 Å². The van der Waals surface area contributed by atoms with Crippen LogP contribution in [0.4, 0.5) is 9.52 Å². The number of benzene rings is 1. The van der Waals surface area contributed by atoms with Gasteiger partial charge in [-0.25, -0.2) is 9.37 Å². The van der Waals surface area contributed by atoms with Gasteiger partial charge in [-0.2, -0.15) is 0 Å². The number of carbonyl (C=O) groups excluding carboxylic acids is 2. The van der Waals surface area contributed by atoms with E-state index < -0.39 is 11.7 Å². The normalized spacial score (nSPS) is 16.0. The highest BCUT2D eigenvalue weighted by molar-refractivity contribution is 7.15. The van der Waals surface area contributed by atoms with Gasteiger partial charge in [-0.05, 0) is 43.4 Å². The summed E-state index contributed by atoms with van der Waals surface area (Å²) in [7, 11) is 0. The molecule has 1 aliphatic carbocycles. The van der Waals surface area contributed by atoms with Crippen LogP contribution < -0.4 is 10.6 Å². The van der Waals surface area contributed by atoms with Gasteiger partial charge in [0.1, 0.15) is 5.82 Å². The van der Waals surface area contributed by atoms with Crippen LogP contribution >= 0.6 is 22.9 Å². The van der Waals surface area contributed by atoms with Crippen molar-refractivity contribution < 1.29 is 14.0 Å². The zero-order valence-corrected chi connectivity index (χ0v) is 15.8. The fourth-order valence-electron chi connectivity index (χ4n) is 2.83. The Bertz CT molecular complexity index is 840. The van der Waals surface area contributed by atoms with Gasteiger partial charge in [0.25, 0.3) is 5.91 Å². The van der Waals surface area contributed by atoms with Crippen molar-refractivity contribution in [2.24, 2.45) is 5.92 Å². The summed E-state index contributed by atoms with van der Waals surface area (Å²) in [5.41, 5.74) is 1.26. The number of anilines is 1. The molecule has 2 amide bonds. The average Bonchev–Trinajstić information content (AvgIpc) is 2.95. The molecule has 2 aromatic rings. The fraction of sp³-hybridized carbons (Fsp3) is 0.389. The maximum Gasteiger partial charge on any atom is 0.252 e. The van der Waals surface area contributed by atoms with Crippen molar-refractivity contribution in [3.05, 3.63) is 45.2 Å². The van der Waals surface area contributed by atoms with Gasteiger partial charge in [0.05, 0.1) is 16.3 Å². The van der Waals surface area contributed by atoms with Crippen LogP contribution in [0.25, 0.3) is 0 Å². The molecule has 0 spiro atoms. The molecule has 3 rings (SSSR count). The minimum atomic E-state index is -0.508. The number of aromatic nitrogens is 1. The van der Waals surface area contributed by atoms with Crippen molar-refractivity contribution in [3.63, 3.8) is 0 Å². The molecule has 0 saturated carbocycles. The number of hydrogen-bond acceptors (Lipinski definition) is 4. The summed E-state index contributed by atoms with van der Waals surface area (Å²) in [6.45, 7) is 2.37. The van der Waals surface area contributed by atoms with Crippen LogP contribution in [-0.4, -0.2) is 23.3 Å².